The van der Waals surface area contributed by atoms with Crippen molar-refractivity contribution in [1.29, 1.82) is 0 Å². The molecule has 5 nitrogen and oxygen atoms in total. The van der Waals surface area contributed by atoms with Crippen LogP contribution in [0.4, 0.5) is 5.69 Å². The van der Waals surface area contributed by atoms with E-state index in [-0.39, 0.29) is 11.7 Å². The van der Waals surface area contributed by atoms with Gasteiger partial charge in [0.05, 0.1) is 7.11 Å². The molecule has 0 saturated heterocycles. The molecule has 0 bridgehead atoms. The molecule has 3 rings (SSSR count). The van der Waals surface area contributed by atoms with Gasteiger partial charge in [0.1, 0.15) is 11.5 Å². The summed E-state index contributed by atoms with van der Waals surface area (Å²) in [6.45, 7) is 1.82. The summed E-state index contributed by atoms with van der Waals surface area (Å²) in [7, 11) is 1.57. The predicted octanol–water partition coefficient (Wildman–Crippen LogP) is 5.05. The molecule has 0 fully saturated rings. The van der Waals surface area contributed by atoms with Crippen LogP contribution in [0.15, 0.2) is 78.9 Å². The number of ketones is 1. The van der Waals surface area contributed by atoms with Crippen molar-refractivity contribution in [2.45, 2.75) is 19.4 Å². The maximum Gasteiger partial charge on any atom is 0.270 e. The molecule has 0 saturated carbocycles. The first kappa shape index (κ1) is 20.1. The Morgan fingerprint density at radius 3 is 2.28 bits per heavy atom. The first-order valence-electron chi connectivity index (χ1n) is 9.40. The van der Waals surface area contributed by atoms with Crippen molar-refractivity contribution in [2.75, 3.05) is 12.4 Å². The fourth-order valence-electron chi connectivity index (χ4n) is 2.87. The molecule has 0 unspecified atom stereocenters. The zero-order valence-corrected chi connectivity index (χ0v) is 16.4. The van der Waals surface area contributed by atoms with Crippen LogP contribution in [0.2, 0.25) is 0 Å². The lowest BCUT2D eigenvalue weighted by molar-refractivity contribution is -0.123. The van der Waals surface area contributed by atoms with Gasteiger partial charge in [-0.1, -0.05) is 43.3 Å². The number of nitrogens with one attached hydrogen (secondary N) is 1. The maximum atomic E-state index is 13.0. The number of amides is 1. The van der Waals surface area contributed by atoms with Crippen molar-refractivity contribution in [3.05, 3.63) is 90.0 Å². The number of ether oxygens (including phenoxy) is 2. The van der Waals surface area contributed by atoms with E-state index in [1.165, 1.54) is 0 Å². The standard InChI is InChI=1S/C24H23NO4/c1-3-22(26)17-12-14-20(15-13-17)29-23(18-8-5-4-6-9-18)24(27)25-19-10-7-11-21(16-19)28-2/h4-16,23H,3H2,1-2H3,(H,25,27)/t23-/m0/s1. The Hall–Kier alpha value is -3.60. The summed E-state index contributed by atoms with van der Waals surface area (Å²) in [6.07, 6.45) is -0.411. The zero-order chi connectivity index (χ0) is 20.6. The molecule has 1 N–H and O–H groups in total. The van der Waals surface area contributed by atoms with Crippen LogP contribution in [0, 0.1) is 0 Å². The molecule has 1 amide bonds. The summed E-state index contributed by atoms with van der Waals surface area (Å²) in [5.41, 5.74) is 1.96. The van der Waals surface area contributed by atoms with E-state index in [0.29, 0.717) is 29.2 Å². The normalized spacial score (nSPS) is 11.4. The lowest BCUT2D eigenvalue weighted by atomic mass is 10.1. The van der Waals surface area contributed by atoms with Gasteiger partial charge in [0.2, 0.25) is 6.10 Å². The van der Waals surface area contributed by atoms with Gasteiger partial charge in [0.15, 0.2) is 5.78 Å². The topological polar surface area (TPSA) is 64.6 Å². The minimum Gasteiger partial charge on any atom is -0.497 e. The number of Topliss-reactive ketones (excluding diaryl/α,β-unsaturated/α-hetero) is 1. The third kappa shape index (κ3) is 5.23. The van der Waals surface area contributed by atoms with E-state index in [2.05, 4.69) is 5.32 Å². The summed E-state index contributed by atoms with van der Waals surface area (Å²) in [6, 6.07) is 23.2. The molecule has 0 spiro atoms. The predicted molar refractivity (Wildman–Crippen MR) is 112 cm³/mol. The Bertz CT molecular complexity index is 968. The first-order valence-corrected chi connectivity index (χ1v) is 9.40. The van der Waals surface area contributed by atoms with Gasteiger partial charge in [-0.2, -0.15) is 0 Å². The lowest BCUT2D eigenvalue weighted by Crippen LogP contribution is -2.25. The van der Waals surface area contributed by atoms with E-state index in [9.17, 15) is 9.59 Å². The second kappa shape index (κ2) is 9.55. The number of anilines is 1. The molecule has 0 heterocycles. The number of carbonyl (C=O) groups is 2. The molecule has 148 valence electrons. The van der Waals surface area contributed by atoms with Crippen LogP contribution in [0.3, 0.4) is 0 Å². The van der Waals surface area contributed by atoms with Gasteiger partial charge in [-0.15, -0.1) is 0 Å². The zero-order valence-electron chi connectivity index (χ0n) is 16.4. The second-order valence-corrected chi connectivity index (χ2v) is 6.43. The SMILES string of the molecule is CCC(=O)c1ccc(O[C@H](C(=O)Nc2cccc(OC)c2)c2ccccc2)cc1. The molecule has 0 radical (unpaired) electrons. The number of rotatable bonds is 8. The average molecular weight is 389 g/mol. The van der Waals surface area contributed by atoms with E-state index < -0.39 is 6.10 Å². The summed E-state index contributed by atoms with van der Waals surface area (Å²) >= 11 is 0. The largest absolute Gasteiger partial charge is 0.497 e. The fraction of sp³-hybridized carbons (Fsp3) is 0.167. The van der Waals surface area contributed by atoms with E-state index in [1.807, 2.05) is 37.3 Å². The highest BCUT2D eigenvalue weighted by Gasteiger charge is 2.23. The van der Waals surface area contributed by atoms with E-state index in [4.69, 9.17) is 9.47 Å². The molecule has 3 aromatic rings. The van der Waals surface area contributed by atoms with E-state index >= 15 is 0 Å². The van der Waals surface area contributed by atoms with Crippen molar-refractivity contribution in [1.82, 2.24) is 0 Å². The number of methoxy groups -OCH3 is 1. The number of hydrogen-bond acceptors (Lipinski definition) is 4. The molecule has 1 atom stereocenters. The van der Waals surface area contributed by atoms with Crippen molar-refractivity contribution in [3.8, 4) is 11.5 Å². The Morgan fingerprint density at radius 2 is 1.62 bits per heavy atom. The van der Waals surface area contributed by atoms with Gasteiger partial charge in [-0.3, -0.25) is 9.59 Å². The van der Waals surface area contributed by atoms with Gasteiger partial charge in [0.25, 0.3) is 5.91 Å². The van der Waals surface area contributed by atoms with Crippen LogP contribution in [0.5, 0.6) is 11.5 Å². The van der Waals surface area contributed by atoms with Crippen molar-refractivity contribution < 1.29 is 19.1 Å². The molecule has 5 heteroatoms. The third-order valence-corrected chi connectivity index (χ3v) is 4.43. The maximum absolute atomic E-state index is 13.0. The van der Waals surface area contributed by atoms with Crippen LogP contribution in [0.25, 0.3) is 0 Å². The molecular formula is C24H23NO4. The Morgan fingerprint density at radius 1 is 0.897 bits per heavy atom. The Balaban J connectivity index is 1.83. The van der Waals surface area contributed by atoms with Crippen LogP contribution in [-0.4, -0.2) is 18.8 Å². The highest BCUT2D eigenvalue weighted by Crippen LogP contribution is 2.25. The first-order chi connectivity index (χ1) is 14.1. The molecule has 3 aromatic carbocycles. The van der Waals surface area contributed by atoms with Gasteiger partial charge in [-0.05, 0) is 36.4 Å². The molecule has 0 aliphatic rings. The highest BCUT2D eigenvalue weighted by molar-refractivity contribution is 5.96. The van der Waals surface area contributed by atoms with Gasteiger partial charge in [0, 0.05) is 29.3 Å². The summed E-state index contributed by atoms with van der Waals surface area (Å²) in [4.78, 5) is 24.8. The molecule has 29 heavy (non-hydrogen) atoms. The molecular weight excluding hydrogens is 366 g/mol. The van der Waals surface area contributed by atoms with Crippen molar-refractivity contribution >= 4 is 17.4 Å². The van der Waals surface area contributed by atoms with Crippen molar-refractivity contribution in [2.24, 2.45) is 0 Å². The molecule has 0 aromatic heterocycles. The van der Waals surface area contributed by atoms with Gasteiger partial charge >= 0.3 is 0 Å². The van der Waals surface area contributed by atoms with Gasteiger partial charge in [-0.25, -0.2) is 0 Å². The Kier molecular flexibility index (Phi) is 6.63. The van der Waals surface area contributed by atoms with Crippen LogP contribution < -0.4 is 14.8 Å². The fourth-order valence-corrected chi connectivity index (χ4v) is 2.87. The number of carbonyl (C=O) groups excluding carboxylic acids is 2. The summed E-state index contributed by atoms with van der Waals surface area (Å²) in [5.74, 6) is 0.911. The minimum atomic E-state index is -0.852. The smallest absolute Gasteiger partial charge is 0.270 e. The minimum absolute atomic E-state index is 0.0620. The quantitative estimate of drug-likeness (QED) is 0.548. The second-order valence-electron chi connectivity index (χ2n) is 6.43. The number of benzene rings is 3. The monoisotopic (exact) mass is 389 g/mol. The molecule has 0 aliphatic heterocycles. The van der Waals surface area contributed by atoms with E-state index in [1.54, 1.807) is 55.6 Å². The van der Waals surface area contributed by atoms with Crippen LogP contribution >= 0.6 is 0 Å². The Labute approximate surface area is 170 Å². The van der Waals surface area contributed by atoms with Crippen LogP contribution in [-0.2, 0) is 4.79 Å². The molecule has 0 aliphatic carbocycles. The summed E-state index contributed by atoms with van der Waals surface area (Å²) < 4.78 is 11.2. The highest BCUT2D eigenvalue weighted by atomic mass is 16.5. The van der Waals surface area contributed by atoms with Gasteiger partial charge < -0.3 is 14.8 Å². The third-order valence-electron chi connectivity index (χ3n) is 4.43. The van der Waals surface area contributed by atoms with Crippen molar-refractivity contribution in [3.63, 3.8) is 0 Å². The van der Waals surface area contributed by atoms with Crippen LogP contribution in [0.1, 0.15) is 35.4 Å². The van der Waals surface area contributed by atoms with E-state index in [0.717, 1.165) is 5.56 Å². The lowest BCUT2D eigenvalue weighted by Gasteiger charge is -2.19. The summed E-state index contributed by atoms with van der Waals surface area (Å²) in [5, 5.41) is 2.88. The average Bonchev–Trinajstić information content (AvgIpc) is 2.78. The number of hydrogen-bond donors (Lipinski definition) is 1.